The number of aromatic nitrogens is 3. The molecule has 2 heterocycles. The van der Waals surface area contributed by atoms with Crippen molar-refractivity contribution in [1.82, 2.24) is 25.8 Å². The molecule has 6 heteroatoms. The molecule has 82 valence electrons. The molecule has 1 aromatic rings. The van der Waals surface area contributed by atoms with E-state index in [1.807, 2.05) is 12.2 Å². The van der Waals surface area contributed by atoms with Crippen LogP contribution in [0, 0.1) is 0 Å². The van der Waals surface area contributed by atoms with E-state index in [-0.39, 0.29) is 5.91 Å². The molecule has 0 fully saturated rings. The van der Waals surface area contributed by atoms with Crippen molar-refractivity contribution < 1.29 is 4.79 Å². The Morgan fingerprint density at radius 2 is 2.31 bits per heavy atom. The highest BCUT2D eigenvalue weighted by Crippen LogP contribution is 1.96. The highest BCUT2D eigenvalue weighted by Gasteiger charge is 2.07. The monoisotopic (exact) mass is 217 g/mol. The van der Waals surface area contributed by atoms with Crippen molar-refractivity contribution in [3.63, 3.8) is 0 Å². The second kappa shape index (κ2) is 4.92. The van der Waals surface area contributed by atoms with Crippen LogP contribution in [-0.4, -0.2) is 21.1 Å². The van der Waals surface area contributed by atoms with Crippen LogP contribution < -0.4 is 10.6 Å². The molecule has 0 atom stereocenters. The Morgan fingerprint density at radius 3 is 3.12 bits per heavy atom. The number of H-pyrrole nitrogens is 1. The van der Waals surface area contributed by atoms with Gasteiger partial charge in [0.2, 0.25) is 0 Å². The number of carbonyl (C=O) groups is 1. The molecule has 1 aliphatic rings. The van der Waals surface area contributed by atoms with Crippen molar-refractivity contribution in [3.05, 3.63) is 48.4 Å². The summed E-state index contributed by atoms with van der Waals surface area (Å²) >= 11 is 0. The van der Waals surface area contributed by atoms with Crippen molar-refractivity contribution in [3.8, 4) is 0 Å². The second-order valence-electron chi connectivity index (χ2n) is 3.08. The molecule has 1 amide bonds. The number of allylic oxidation sites excluding steroid dienone is 4. The summed E-state index contributed by atoms with van der Waals surface area (Å²) in [6.45, 7) is 0.325. The van der Waals surface area contributed by atoms with E-state index >= 15 is 0 Å². The van der Waals surface area contributed by atoms with Gasteiger partial charge in [0.15, 0.2) is 0 Å². The number of carbonyl (C=O) groups excluding carboxylic acids is 1. The van der Waals surface area contributed by atoms with Gasteiger partial charge in [-0.15, -0.1) is 0 Å². The first-order chi connectivity index (χ1) is 7.86. The van der Waals surface area contributed by atoms with Crippen LogP contribution in [0.4, 0.5) is 0 Å². The minimum atomic E-state index is -0.187. The molecule has 0 bridgehead atoms. The van der Waals surface area contributed by atoms with Gasteiger partial charge in [0.1, 0.15) is 17.8 Å². The molecule has 0 aromatic carbocycles. The van der Waals surface area contributed by atoms with E-state index in [4.69, 9.17) is 0 Å². The van der Waals surface area contributed by atoms with E-state index in [2.05, 4.69) is 25.8 Å². The van der Waals surface area contributed by atoms with Crippen molar-refractivity contribution >= 4 is 5.91 Å². The smallest absolute Gasteiger partial charge is 0.268 e. The topological polar surface area (TPSA) is 82.7 Å². The Bertz CT molecular complexity index is 444. The molecule has 1 aromatic heterocycles. The lowest BCUT2D eigenvalue weighted by molar-refractivity contribution is -0.117. The zero-order valence-corrected chi connectivity index (χ0v) is 8.47. The largest absolute Gasteiger partial charge is 0.357 e. The van der Waals surface area contributed by atoms with Gasteiger partial charge >= 0.3 is 0 Å². The second-order valence-corrected chi connectivity index (χ2v) is 3.08. The van der Waals surface area contributed by atoms with Gasteiger partial charge in [0.25, 0.3) is 5.91 Å². The highest BCUT2D eigenvalue weighted by molar-refractivity contribution is 5.93. The third kappa shape index (κ3) is 2.57. The van der Waals surface area contributed by atoms with E-state index in [0.717, 1.165) is 0 Å². The quantitative estimate of drug-likeness (QED) is 0.664. The molecule has 6 nitrogen and oxygen atoms in total. The summed E-state index contributed by atoms with van der Waals surface area (Å²) in [5, 5.41) is 11.9. The fourth-order valence-corrected chi connectivity index (χ4v) is 1.17. The van der Waals surface area contributed by atoms with Gasteiger partial charge in [-0.05, 0) is 12.2 Å². The van der Waals surface area contributed by atoms with Crippen LogP contribution in [0.15, 0.2) is 42.5 Å². The maximum Gasteiger partial charge on any atom is 0.268 e. The van der Waals surface area contributed by atoms with E-state index in [1.165, 1.54) is 6.33 Å². The Balaban J connectivity index is 1.90. The predicted molar refractivity (Wildman–Crippen MR) is 57.7 cm³/mol. The van der Waals surface area contributed by atoms with Gasteiger partial charge in [-0.3, -0.25) is 9.89 Å². The van der Waals surface area contributed by atoms with Gasteiger partial charge in [0.05, 0.1) is 6.54 Å². The van der Waals surface area contributed by atoms with E-state index in [0.29, 0.717) is 18.1 Å². The number of rotatable bonds is 3. The van der Waals surface area contributed by atoms with Gasteiger partial charge in [0, 0.05) is 6.20 Å². The number of hydrogen-bond acceptors (Lipinski definition) is 4. The first kappa shape index (κ1) is 10.2. The first-order valence-corrected chi connectivity index (χ1v) is 4.79. The summed E-state index contributed by atoms with van der Waals surface area (Å²) in [5.41, 5.74) is 0.490. The summed E-state index contributed by atoms with van der Waals surface area (Å²) in [5.74, 6) is 0.432. The van der Waals surface area contributed by atoms with Crippen molar-refractivity contribution in [2.45, 2.75) is 6.54 Å². The first-order valence-electron chi connectivity index (χ1n) is 4.79. The Morgan fingerprint density at radius 1 is 1.38 bits per heavy atom. The Hall–Kier alpha value is -2.37. The molecule has 0 radical (unpaired) electrons. The minimum Gasteiger partial charge on any atom is -0.357 e. The summed E-state index contributed by atoms with van der Waals surface area (Å²) in [6, 6.07) is 0. The number of aromatic amines is 1. The lowest BCUT2D eigenvalue weighted by Crippen LogP contribution is -2.29. The summed E-state index contributed by atoms with van der Waals surface area (Å²) in [4.78, 5) is 15.6. The molecular formula is C10H11N5O. The minimum absolute atomic E-state index is 0.187. The van der Waals surface area contributed by atoms with Crippen LogP contribution >= 0.6 is 0 Å². The average Bonchev–Trinajstić information content (AvgIpc) is 2.66. The Labute approximate surface area is 92.2 Å². The third-order valence-corrected chi connectivity index (χ3v) is 1.95. The average molecular weight is 217 g/mol. The molecule has 0 saturated heterocycles. The van der Waals surface area contributed by atoms with Crippen LogP contribution in [-0.2, 0) is 11.3 Å². The van der Waals surface area contributed by atoms with Crippen LogP contribution in [0.1, 0.15) is 5.82 Å². The molecule has 1 aliphatic heterocycles. The summed E-state index contributed by atoms with van der Waals surface area (Å²) in [6.07, 6.45) is 10.2. The molecule has 0 saturated carbocycles. The normalized spacial score (nSPS) is 13.9. The van der Waals surface area contributed by atoms with Crippen LogP contribution in [0.2, 0.25) is 0 Å². The van der Waals surface area contributed by atoms with Gasteiger partial charge in [-0.2, -0.15) is 5.10 Å². The SMILES string of the molecule is O=C(NCc1ncn[nH]1)C1=CC=CC=CN1. The van der Waals surface area contributed by atoms with Crippen LogP contribution in [0.3, 0.4) is 0 Å². The molecule has 0 unspecified atom stereocenters. The maximum absolute atomic E-state index is 11.7. The predicted octanol–water partition coefficient (Wildman–Crippen LogP) is -0.0221. The molecule has 0 spiro atoms. The molecule has 0 aliphatic carbocycles. The third-order valence-electron chi connectivity index (χ3n) is 1.95. The summed E-state index contributed by atoms with van der Waals surface area (Å²) in [7, 11) is 0. The van der Waals surface area contributed by atoms with E-state index < -0.39 is 0 Å². The fourth-order valence-electron chi connectivity index (χ4n) is 1.17. The van der Waals surface area contributed by atoms with E-state index in [9.17, 15) is 4.79 Å². The van der Waals surface area contributed by atoms with Crippen molar-refractivity contribution in [2.75, 3.05) is 0 Å². The lowest BCUT2D eigenvalue weighted by Gasteiger charge is -2.06. The maximum atomic E-state index is 11.7. The summed E-state index contributed by atoms with van der Waals surface area (Å²) < 4.78 is 0. The fraction of sp³-hybridized carbons (Fsp3) is 0.100. The zero-order valence-electron chi connectivity index (χ0n) is 8.47. The van der Waals surface area contributed by atoms with Crippen LogP contribution in [0.5, 0.6) is 0 Å². The van der Waals surface area contributed by atoms with Crippen LogP contribution in [0.25, 0.3) is 0 Å². The lowest BCUT2D eigenvalue weighted by atomic mass is 10.3. The number of nitrogens with one attached hydrogen (secondary N) is 3. The van der Waals surface area contributed by atoms with Gasteiger partial charge in [-0.1, -0.05) is 12.2 Å². The standard InChI is InChI=1S/C10H11N5O/c16-10(8-4-2-1-3-5-11-8)12-6-9-13-7-14-15-9/h1-5,7,11H,6H2,(H,12,16)(H,13,14,15). The highest BCUT2D eigenvalue weighted by atomic mass is 16.2. The van der Waals surface area contributed by atoms with Gasteiger partial charge in [-0.25, -0.2) is 4.98 Å². The Kier molecular flexibility index (Phi) is 3.12. The van der Waals surface area contributed by atoms with Gasteiger partial charge < -0.3 is 10.6 Å². The van der Waals surface area contributed by atoms with E-state index in [1.54, 1.807) is 18.4 Å². The number of amides is 1. The molecular weight excluding hydrogens is 206 g/mol. The number of hydrogen-bond donors (Lipinski definition) is 3. The van der Waals surface area contributed by atoms with Crippen molar-refractivity contribution in [2.24, 2.45) is 0 Å². The molecule has 2 rings (SSSR count). The molecule has 16 heavy (non-hydrogen) atoms. The zero-order chi connectivity index (χ0) is 11.2. The molecule has 3 N–H and O–H groups in total. The van der Waals surface area contributed by atoms with Crippen molar-refractivity contribution in [1.29, 1.82) is 0 Å². The number of nitrogens with zero attached hydrogens (tertiary/aromatic N) is 2.